The van der Waals surface area contributed by atoms with E-state index >= 15 is 0 Å². The van der Waals surface area contributed by atoms with Crippen molar-refractivity contribution in [3.63, 3.8) is 0 Å². The molecular formula is C36H44Cl2Zr. The molecule has 0 spiro atoms. The van der Waals surface area contributed by atoms with E-state index in [-0.39, 0.29) is 14.9 Å². The van der Waals surface area contributed by atoms with Gasteiger partial charge in [-0.1, -0.05) is 95.1 Å². The number of fused-ring (bicyclic) bond motifs is 2. The molecule has 0 heterocycles. The molecule has 4 aliphatic rings. The van der Waals surface area contributed by atoms with Crippen LogP contribution in [0.3, 0.4) is 0 Å². The third-order valence-electron chi connectivity index (χ3n) is 9.52. The second kappa shape index (κ2) is 14.2. The minimum atomic E-state index is -0.826. The number of hydrogen-bond acceptors (Lipinski definition) is 0. The van der Waals surface area contributed by atoms with E-state index in [1.807, 2.05) is 0 Å². The third-order valence-corrected chi connectivity index (χ3v) is 9.52. The van der Waals surface area contributed by atoms with E-state index < -0.39 is 20.8 Å². The summed E-state index contributed by atoms with van der Waals surface area (Å²) >= 11 is -0.826. The van der Waals surface area contributed by atoms with Crippen LogP contribution in [0.1, 0.15) is 76.3 Å². The molecule has 0 amide bonds. The maximum atomic E-state index is 4.93. The van der Waals surface area contributed by atoms with Gasteiger partial charge in [0.05, 0.1) is 0 Å². The zero-order chi connectivity index (χ0) is 26.1. The van der Waals surface area contributed by atoms with Crippen LogP contribution >= 0.6 is 17.0 Å². The molecule has 3 heteroatoms. The van der Waals surface area contributed by atoms with Gasteiger partial charge in [-0.15, -0.1) is 0 Å². The molecule has 0 nitrogen and oxygen atoms in total. The molecule has 0 aliphatic heterocycles. The van der Waals surface area contributed by atoms with E-state index in [0.29, 0.717) is 35.5 Å². The topological polar surface area (TPSA) is 0 Å². The Morgan fingerprint density at radius 2 is 0.769 bits per heavy atom. The van der Waals surface area contributed by atoms with Crippen LogP contribution in [-0.2, 0) is 20.8 Å². The molecule has 39 heavy (non-hydrogen) atoms. The third kappa shape index (κ3) is 6.85. The van der Waals surface area contributed by atoms with Crippen molar-refractivity contribution in [1.29, 1.82) is 0 Å². The molecule has 4 aliphatic carbocycles. The Labute approximate surface area is 257 Å². The Balaban J connectivity index is 0.000000805. The van der Waals surface area contributed by atoms with Crippen LogP contribution in [0.2, 0.25) is 0 Å². The average molecular weight is 639 g/mol. The molecule has 2 aromatic rings. The second-order valence-corrected chi connectivity index (χ2v) is 15.4. The Kier molecular flexibility index (Phi) is 11.8. The van der Waals surface area contributed by atoms with E-state index in [2.05, 4.69) is 101 Å². The Hall–Kier alpha value is -1.14. The molecule has 0 N–H and O–H groups in total. The van der Waals surface area contributed by atoms with Gasteiger partial charge in [0.25, 0.3) is 0 Å². The van der Waals surface area contributed by atoms with E-state index in [1.165, 1.54) is 59.1 Å². The van der Waals surface area contributed by atoms with Crippen molar-refractivity contribution in [3.8, 4) is 11.1 Å². The summed E-state index contributed by atoms with van der Waals surface area (Å²) in [7, 11) is 9.87. The van der Waals surface area contributed by atoms with Gasteiger partial charge in [-0.3, -0.25) is 0 Å². The predicted octanol–water partition coefficient (Wildman–Crippen LogP) is 11.7. The molecule has 4 atom stereocenters. The first-order chi connectivity index (χ1) is 17.9. The summed E-state index contributed by atoms with van der Waals surface area (Å²) in [5, 5.41) is 0. The van der Waals surface area contributed by atoms with Crippen LogP contribution in [0.15, 0.2) is 95.1 Å². The molecular weight excluding hydrogens is 595 g/mol. The molecule has 0 aromatic heterocycles. The van der Waals surface area contributed by atoms with Crippen LogP contribution in [0.4, 0.5) is 0 Å². The number of rotatable bonds is 3. The fourth-order valence-corrected chi connectivity index (χ4v) is 7.49. The normalized spacial score (nSPS) is 28.5. The molecule has 2 saturated carbocycles. The molecule has 2 fully saturated rings. The van der Waals surface area contributed by atoms with Gasteiger partial charge in [0.2, 0.25) is 0 Å². The summed E-state index contributed by atoms with van der Waals surface area (Å²) in [4.78, 5) is 0. The van der Waals surface area contributed by atoms with Crippen molar-refractivity contribution in [2.24, 2.45) is 23.7 Å². The first kappa shape index (κ1) is 32.4. The number of hydrogen-bond donors (Lipinski definition) is 0. The number of halogens is 2. The van der Waals surface area contributed by atoms with Crippen molar-refractivity contribution in [3.05, 3.63) is 121 Å². The van der Waals surface area contributed by atoms with Gasteiger partial charge in [0.1, 0.15) is 0 Å². The van der Waals surface area contributed by atoms with Crippen molar-refractivity contribution < 1.29 is 20.8 Å². The van der Waals surface area contributed by atoms with E-state index in [1.54, 1.807) is 11.1 Å². The molecule has 0 saturated heterocycles. The average Bonchev–Trinajstić information content (AvgIpc) is 3.48. The standard InChI is InChI=1S/C34H38.2CH3.2ClH.Zr/c1-21-13-25-17-29(18-26(25)14-22(21)2)31-9-5-7-11-33(31)34-12-8-6-10-32(34)30-19-27-15-23(3)24(4)16-28(27)20-30;;;;;/h5-16,25-30H,17-20H2,1-4H3;2*1H3;2*1H;/q;2*-1;;;+4/p-2. The van der Waals surface area contributed by atoms with Crippen molar-refractivity contribution in [2.45, 2.75) is 65.2 Å². The summed E-state index contributed by atoms with van der Waals surface area (Å²) < 4.78 is 0. The van der Waals surface area contributed by atoms with Gasteiger partial charge in [-0.25, -0.2) is 0 Å². The zero-order valence-electron chi connectivity index (χ0n) is 24.5. The van der Waals surface area contributed by atoms with Crippen LogP contribution < -0.4 is 0 Å². The van der Waals surface area contributed by atoms with Gasteiger partial charge < -0.3 is 14.9 Å². The summed E-state index contributed by atoms with van der Waals surface area (Å²) in [5.41, 5.74) is 12.0. The summed E-state index contributed by atoms with van der Waals surface area (Å²) in [6, 6.07) is 18.7. The molecule has 0 bridgehead atoms. The first-order valence-corrected chi connectivity index (χ1v) is 20.1. The first-order valence-electron chi connectivity index (χ1n) is 13.8. The van der Waals surface area contributed by atoms with E-state index in [0.717, 1.165) is 0 Å². The van der Waals surface area contributed by atoms with Crippen molar-refractivity contribution in [1.82, 2.24) is 0 Å². The van der Waals surface area contributed by atoms with Crippen LogP contribution in [-0.4, -0.2) is 0 Å². The van der Waals surface area contributed by atoms with Crippen LogP contribution in [0.25, 0.3) is 11.1 Å². The van der Waals surface area contributed by atoms with Crippen LogP contribution in [0.5, 0.6) is 0 Å². The van der Waals surface area contributed by atoms with Crippen molar-refractivity contribution in [2.75, 3.05) is 0 Å². The molecule has 0 radical (unpaired) electrons. The SMILES string of the molecule is CC1=CC2CC(c3ccccc3-c3ccccc3C3CC4C=C(C)C(C)=CC4C3)CC2C=C1C.[CH3-].[CH3-].[Cl][Zr+2][Cl]. The van der Waals surface area contributed by atoms with Gasteiger partial charge in [-0.05, 0) is 111 Å². The van der Waals surface area contributed by atoms with Gasteiger partial charge in [0, 0.05) is 0 Å². The van der Waals surface area contributed by atoms with Gasteiger partial charge in [-0.2, -0.15) is 0 Å². The number of allylic oxidation sites excluding steroid dienone is 8. The van der Waals surface area contributed by atoms with Gasteiger partial charge >= 0.3 is 37.9 Å². The number of benzene rings is 2. The Morgan fingerprint density at radius 1 is 0.513 bits per heavy atom. The molecule has 2 aromatic carbocycles. The predicted molar refractivity (Wildman–Crippen MR) is 169 cm³/mol. The molecule has 4 unspecified atom stereocenters. The summed E-state index contributed by atoms with van der Waals surface area (Å²) in [6.45, 7) is 9.14. The zero-order valence-corrected chi connectivity index (χ0v) is 28.4. The monoisotopic (exact) mass is 636 g/mol. The fourth-order valence-electron chi connectivity index (χ4n) is 7.49. The molecule has 206 valence electrons. The van der Waals surface area contributed by atoms with Crippen LogP contribution in [0, 0.1) is 38.5 Å². The quantitative estimate of drug-likeness (QED) is 0.294. The second-order valence-electron chi connectivity index (χ2n) is 11.6. The Bertz CT molecular complexity index is 1120. The van der Waals surface area contributed by atoms with Crippen molar-refractivity contribution >= 4 is 17.0 Å². The fraction of sp³-hybridized carbons (Fsp3) is 0.389. The molecule has 6 rings (SSSR count). The Morgan fingerprint density at radius 3 is 1.05 bits per heavy atom. The summed E-state index contributed by atoms with van der Waals surface area (Å²) in [5.74, 6) is 4.13. The van der Waals surface area contributed by atoms with E-state index in [9.17, 15) is 0 Å². The van der Waals surface area contributed by atoms with Gasteiger partial charge in [0.15, 0.2) is 0 Å². The maximum absolute atomic E-state index is 4.93. The van der Waals surface area contributed by atoms with E-state index in [4.69, 9.17) is 17.0 Å². The summed E-state index contributed by atoms with van der Waals surface area (Å²) in [6.07, 6.45) is 15.4. The minimum absolute atomic E-state index is 0.